The molecule has 0 radical (unpaired) electrons. The molecule has 2 aromatic heterocycles. The van der Waals surface area contributed by atoms with Crippen LogP contribution < -0.4 is 353 Å². The third kappa shape index (κ3) is 72.2. The van der Waals surface area contributed by atoms with Crippen LogP contribution in [0.3, 0.4) is 0 Å². The van der Waals surface area contributed by atoms with Crippen molar-refractivity contribution in [2.75, 3.05) is 30.0 Å². The number of aromatic nitrogens is 2. The number of pyridine rings is 1. The van der Waals surface area contributed by atoms with Gasteiger partial charge in [0.1, 0.15) is 20.0 Å². The first-order valence-corrected chi connectivity index (χ1v) is 54.3. The summed E-state index contributed by atoms with van der Waals surface area (Å²) in [5.41, 5.74) is 20.2. The molecular weight excluding hydrogens is 2220 g/mol. The number of benzene rings is 11. The van der Waals surface area contributed by atoms with E-state index < -0.39 is 110 Å². The van der Waals surface area contributed by atoms with Gasteiger partial charge in [0.05, 0.1) is 84.8 Å². The molecule has 0 unspecified atom stereocenters. The minimum Gasteiger partial charge on any atom is -0.573 e. The Balaban J connectivity index is -0.000000198. The molecule has 0 atom stereocenters. The number of sulfonamides is 11. The van der Waals surface area contributed by atoms with E-state index in [0.717, 1.165) is 30.2 Å². The molecule has 0 saturated heterocycles. The molecule has 712 valence electrons. The second-order valence-corrected chi connectivity index (χ2v) is 43.8. The molecule has 13 aromatic rings. The van der Waals surface area contributed by atoms with Gasteiger partial charge in [0.2, 0.25) is 20.0 Å². The normalized spacial score (nSPS) is 10.4. The van der Waals surface area contributed by atoms with Crippen molar-refractivity contribution in [3.63, 3.8) is 0 Å². The number of nitrogens with one attached hydrogen (secondary N) is 7. The molecule has 0 aliphatic carbocycles. The van der Waals surface area contributed by atoms with Gasteiger partial charge in [0, 0.05) is 67.7 Å². The molecule has 11 aromatic carbocycles. The zero-order chi connectivity index (χ0) is 99.4. The Kier molecular flexibility index (Phi) is 89.2. The third-order valence-corrected chi connectivity index (χ3v) is 26.4. The Labute approximate surface area is 1100 Å². The average molecular weight is 2310 g/mol. The number of unbranched alkanes of at least 4 members (excludes halogenated alkanes) is 1. The standard InChI is InChI=1S/C12H10NO2S.C11H10N3O2S.C11H16NO2S.C9H8N3O2S2.C7H8NO2S.C6H5ClNO2S.C6H7N2O2S.3C6H6NO2S.CH4NO2S.K.Li.9Na/c14-16(15,12-9-5-2-6-10-12)13-11-7-3-1-4-8-11;12-9-4-6-10(7-5-9)17(15,16)14-11-3-1-2-8-13-11;1-3-4-9-12-15(13,14)11-7-5-10(2)6-8-11;10-7-1-3-8(4-2-7)16(13,14)12-9-11-5-6-15-9;1-6-2-4-7(5-3-6)11(8,9)10;2*7-5-1-3-6(4-2-5)11(8,9)10;3*7-10(8,9)6-4-2-1-3-5-6;1-5(2,3)4;;;;;;;;;;;/h1-10H;1-8H,12H2;5-8H,3-4,9H2,1-2H3;1-6H,10H2;2-5H,1H3,(H-,8,9,10);1-4H,(H-,8,9,10);1-4H,7H2,(H-,8,9,10);3*1-5H,(H-,7,8,9);1H3,(H-,2,3,4);;;;;;;;;;;/q11*-1;11*+1. The predicted octanol–water partition coefficient (Wildman–Crippen LogP) is -13.7. The van der Waals surface area contributed by atoms with Gasteiger partial charge in [-0.15, -0.1) is 12.2 Å². The Morgan fingerprint density at radius 3 is 0.811 bits per heavy atom. The largest absolute Gasteiger partial charge is 1.00 e. The fourth-order valence-electron chi connectivity index (χ4n) is 8.46. The van der Waals surface area contributed by atoms with E-state index in [-0.39, 0.29) is 396 Å². The van der Waals surface area contributed by atoms with Gasteiger partial charge in [-0.05, 0) is 195 Å². The quantitative estimate of drug-likeness (QED) is 0.0362. The van der Waals surface area contributed by atoms with Crippen LogP contribution in [0.25, 0.3) is 54.9 Å². The Bertz CT molecular complexity index is 6780. The van der Waals surface area contributed by atoms with Crippen molar-refractivity contribution in [1.82, 2.24) is 9.97 Å². The SMILES string of the molecule is CCCC[N-]S(=O)(=O)c1ccc(C)cc1.CS([NH-])(=O)=O.Cc1ccc(S([NH-])(=O)=O)cc1.Nc1ccc(S(=O)(=O)[N-]c2ccccn2)cc1.Nc1ccc(S(=O)(=O)[N-]c2nccs2)cc1.O=S(=O)([N-]c1ccccc1)c1ccccc1.[K+].[Li+].[NH-]S(=O)(=O)c1ccc(Cl)cc1.[NH-]S(=O)(=O)c1ccc(N)cc1.[NH-]S(=O)(=O)c1ccccc1.[NH-]S(=O)(=O)c1ccccc1.[NH-]S(=O)(=O)c1ccccc1.[Na+].[Na+].[Na+].[Na+].[Na+].[Na+].[Na+].[Na+].[Na+]. The molecule has 0 amide bonds. The van der Waals surface area contributed by atoms with Crippen molar-refractivity contribution in [3.8, 4) is 0 Å². The summed E-state index contributed by atoms with van der Waals surface area (Å²) in [6, 6.07) is 80.3. The van der Waals surface area contributed by atoms with Crippen molar-refractivity contribution in [2.24, 2.45) is 0 Å². The van der Waals surface area contributed by atoms with Crippen molar-refractivity contribution in [3.05, 3.63) is 404 Å². The summed E-state index contributed by atoms with van der Waals surface area (Å²) in [7, 11) is -40.5. The second-order valence-electron chi connectivity index (χ2n) is 25.6. The molecule has 0 fully saturated rings. The van der Waals surface area contributed by atoms with Crippen molar-refractivity contribution < 1.29 is 429 Å². The van der Waals surface area contributed by atoms with Crippen LogP contribution in [0, 0.1) is 13.8 Å². The topological polar surface area (TPSA) is 702 Å². The number of nitrogens with two attached hydrogens (primary N) is 3. The van der Waals surface area contributed by atoms with Crippen molar-refractivity contribution in [2.45, 2.75) is 82.6 Å². The summed E-state index contributed by atoms with van der Waals surface area (Å²) in [6.07, 6.45) is 5.57. The number of rotatable bonds is 20. The van der Waals surface area contributed by atoms with E-state index in [2.05, 4.69) is 28.9 Å². The number of halogens is 1. The monoisotopic (exact) mass is 2310 g/mol. The number of anilines is 3. The molecule has 62 heteroatoms. The Hall–Kier alpha value is -0.346. The number of hydrogen-bond donors (Lipinski definition) is 3. The fraction of sp³-hybridized carbons (Fsp3) is 0.0864. The zero-order valence-corrected chi connectivity index (χ0v) is 112. The van der Waals surface area contributed by atoms with Gasteiger partial charge in [-0.3, -0.25) is 0 Å². The van der Waals surface area contributed by atoms with Gasteiger partial charge in [0.15, 0.2) is 0 Å². The first-order chi connectivity index (χ1) is 61.2. The van der Waals surface area contributed by atoms with Crippen LogP contribution in [-0.2, 0) is 110 Å². The molecule has 13 rings (SSSR count). The van der Waals surface area contributed by atoms with Crippen molar-refractivity contribution in [1.29, 1.82) is 0 Å². The van der Waals surface area contributed by atoms with E-state index in [9.17, 15) is 92.6 Å². The minimum absolute atomic E-state index is 0. The van der Waals surface area contributed by atoms with Crippen LogP contribution in [0.15, 0.2) is 382 Å². The molecule has 0 spiro atoms. The summed E-state index contributed by atoms with van der Waals surface area (Å²) in [4.78, 5) is 8.40. The average Bonchev–Trinajstić information content (AvgIpc) is 1.09. The molecule has 2 heterocycles. The van der Waals surface area contributed by atoms with Crippen LogP contribution >= 0.6 is 22.9 Å². The van der Waals surface area contributed by atoms with Crippen LogP contribution in [0.1, 0.15) is 30.9 Å². The molecule has 0 saturated carbocycles. The van der Waals surface area contributed by atoms with E-state index in [1.165, 1.54) is 188 Å². The first kappa shape index (κ1) is 160. The summed E-state index contributed by atoms with van der Waals surface area (Å²) in [6.45, 7) is 6.17. The molecule has 0 aliphatic rings. The first-order valence-electron chi connectivity index (χ1n) is 36.5. The van der Waals surface area contributed by atoms with Gasteiger partial charge in [-0.1, -0.05) is 200 Å². The number of aryl methyl sites for hydroxylation is 2. The van der Waals surface area contributed by atoms with Crippen LogP contribution in [0.4, 0.5) is 33.7 Å². The van der Waals surface area contributed by atoms with Crippen LogP contribution in [-0.4, -0.2) is 115 Å². The summed E-state index contributed by atoms with van der Waals surface area (Å²) < 4.78 is 254. The number of thiazole rings is 1. The third-order valence-electron chi connectivity index (χ3n) is 14.8. The van der Waals surface area contributed by atoms with E-state index in [1.54, 1.807) is 151 Å². The van der Waals surface area contributed by atoms with E-state index in [4.69, 9.17) is 64.8 Å². The summed E-state index contributed by atoms with van der Waals surface area (Å²) in [5.74, 6) is 0.157. The van der Waals surface area contributed by atoms with Gasteiger partial charge in [-0.25, -0.2) is 92.6 Å². The molecule has 0 bridgehead atoms. The minimum atomic E-state index is -3.83. The Morgan fingerprint density at radius 2 is 0.538 bits per heavy atom. The smallest absolute Gasteiger partial charge is 0.573 e. The van der Waals surface area contributed by atoms with E-state index in [0.29, 0.717) is 34.3 Å². The fourth-order valence-corrected chi connectivity index (χ4v) is 16.2. The zero-order valence-electron chi connectivity index (χ0n) is 80.5. The molecule has 38 nitrogen and oxygen atoms in total. The number of nitrogens with zero attached hydrogens (tertiary/aromatic N) is 6. The maximum absolute atomic E-state index is 11.9. The van der Waals surface area contributed by atoms with Crippen LogP contribution in [0.2, 0.25) is 5.02 Å². The molecule has 0 aliphatic heterocycles. The summed E-state index contributed by atoms with van der Waals surface area (Å²) >= 11 is 6.67. The van der Waals surface area contributed by atoms with Gasteiger partial charge < -0.3 is 82.0 Å². The van der Waals surface area contributed by atoms with E-state index in [1.807, 2.05) is 26.8 Å². The maximum atomic E-state index is 11.9. The molecular formula is C81H86ClKLiN16Na9O22S12. The Morgan fingerprint density at radius 1 is 0.301 bits per heavy atom. The summed E-state index contributed by atoms with van der Waals surface area (Å²) in [5, 5.41) is 48.2. The van der Waals surface area contributed by atoms with Crippen molar-refractivity contribution >= 4 is 167 Å². The number of nitrogen functional groups attached to an aromatic ring is 3. The molecule has 143 heavy (non-hydrogen) atoms. The van der Waals surface area contributed by atoms with Gasteiger partial charge >= 0.3 is 336 Å². The molecule has 13 N–H and O–H groups in total. The van der Waals surface area contributed by atoms with Gasteiger partial charge in [0.25, 0.3) is 0 Å². The second kappa shape index (κ2) is 79.6. The van der Waals surface area contributed by atoms with Gasteiger partial charge in [-0.2, -0.15) is 11.3 Å². The van der Waals surface area contributed by atoms with E-state index >= 15 is 0 Å². The predicted molar refractivity (Wildman–Crippen MR) is 514 cm³/mol. The number of hydrogen-bond acceptors (Lipinski definition) is 28. The maximum Gasteiger partial charge on any atom is 1.00 e. The van der Waals surface area contributed by atoms with Crippen LogP contribution in [0.5, 0.6) is 0 Å².